The Morgan fingerprint density at radius 1 is 1.64 bits per heavy atom. The summed E-state index contributed by atoms with van der Waals surface area (Å²) in [4.78, 5) is 0. The quantitative estimate of drug-likeness (QED) is 0.600. The Morgan fingerprint density at radius 3 is 2.64 bits per heavy atom. The highest BCUT2D eigenvalue weighted by Crippen LogP contribution is 2.18. The van der Waals surface area contributed by atoms with E-state index in [-0.39, 0.29) is 6.10 Å². The molecule has 1 rings (SSSR count). The van der Waals surface area contributed by atoms with Crippen molar-refractivity contribution < 1.29 is 13.1 Å². The first-order valence-electron chi connectivity index (χ1n) is 3.61. The smallest absolute Gasteiger partial charge is 0.332 e. The maximum Gasteiger partial charge on any atom is 0.332 e. The van der Waals surface area contributed by atoms with E-state index in [0.29, 0.717) is 12.4 Å². The van der Waals surface area contributed by atoms with E-state index in [9.17, 15) is 4.21 Å². The molecule has 1 fully saturated rings. The van der Waals surface area contributed by atoms with Crippen LogP contribution in [0, 0.1) is 0 Å². The Morgan fingerprint density at radius 2 is 2.27 bits per heavy atom. The van der Waals surface area contributed by atoms with Crippen LogP contribution in [0.15, 0.2) is 0 Å². The zero-order chi connectivity index (χ0) is 8.48. The molecule has 11 heavy (non-hydrogen) atoms. The Labute approximate surface area is 70.8 Å². The molecule has 0 radical (unpaired) electrons. The Hall–Kier alpha value is 0.287. The fourth-order valence-corrected chi connectivity index (χ4v) is 3.53. The minimum atomic E-state index is -1.80. The summed E-state index contributed by atoms with van der Waals surface area (Å²) in [7, 11) is -2.58. The highest BCUT2D eigenvalue weighted by molar-refractivity contribution is 7.84. The molecule has 1 heterocycles. The van der Waals surface area contributed by atoms with E-state index in [1.165, 1.54) is 0 Å². The van der Waals surface area contributed by atoms with Crippen molar-refractivity contribution >= 4 is 19.4 Å². The Bertz CT molecular complexity index is 171. The van der Waals surface area contributed by atoms with Crippen LogP contribution in [0.25, 0.3) is 0 Å². The third kappa shape index (κ3) is 3.02. The second-order valence-corrected chi connectivity index (χ2v) is 7.99. The Kier molecular flexibility index (Phi) is 2.85. The van der Waals surface area contributed by atoms with Crippen LogP contribution in [0.4, 0.5) is 0 Å². The van der Waals surface area contributed by atoms with Gasteiger partial charge in [0, 0.05) is 17.1 Å². The first-order valence-corrected chi connectivity index (χ1v) is 8.16. The summed E-state index contributed by atoms with van der Waals surface area (Å²) in [5, 5.41) is 0. The van der Waals surface area contributed by atoms with Gasteiger partial charge in [-0.2, -0.15) is 0 Å². The predicted molar refractivity (Wildman–Crippen MR) is 47.2 cm³/mol. The second-order valence-electron chi connectivity index (χ2n) is 3.19. The lowest BCUT2D eigenvalue weighted by atomic mass is 10.4. The summed E-state index contributed by atoms with van der Waals surface area (Å²) < 4.78 is 21.8. The number of rotatable bonds is 2. The molecule has 5 heteroatoms. The summed E-state index contributed by atoms with van der Waals surface area (Å²) in [5.74, 6) is 0.608. The van der Waals surface area contributed by atoms with Crippen LogP contribution in [-0.4, -0.2) is 37.5 Å². The summed E-state index contributed by atoms with van der Waals surface area (Å²) in [6.45, 7) is 4.63. The normalized spacial score (nSPS) is 32.1. The van der Waals surface area contributed by atoms with Crippen molar-refractivity contribution in [2.24, 2.45) is 0 Å². The van der Waals surface area contributed by atoms with Gasteiger partial charge in [0.2, 0.25) is 0 Å². The molecular formula is C6H14O3SSi. The van der Waals surface area contributed by atoms with E-state index in [1.54, 1.807) is 6.26 Å². The van der Waals surface area contributed by atoms with Gasteiger partial charge in [-0.25, -0.2) is 0 Å². The zero-order valence-electron chi connectivity index (χ0n) is 7.12. The highest BCUT2D eigenvalue weighted by Gasteiger charge is 2.36. The molecular weight excluding hydrogens is 180 g/mol. The fraction of sp³-hybridized carbons (Fsp3) is 1.00. The van der Waals surface area contributed by atoms with Gasteiger partial charge in [-0.1, -0.05) is 0 Å². The molecule has 0 amide bonds. The molecule has 1 aliphatic rings. The van der Waals surface area contributed by atoms with Crippen LogP contribution in [-0.2, 0) is 19.7 Å². The van der Waals surface area contributed by atoms with E-state index >= 15 is 0 Å². The SMILES string of the molecule is CS(=O)CC1CO[Si](C)(C)O1. The van der Waals surface area contributed by atoms with Gasteiger partial charge >= 0.3 is 8.56 Å². The van der Waals surface area contributed by atoms with Crippen LogP contribution in [0.2, 0.25) is 13.1 Å². The minimum absolute atomic E-state index is 0.0718. The summed E-state index contributed by atoms with van der Waals surface area (Å²) in [5.41, 5.74) is 0. The van der Waals surface area contributed by atoms with Gasteiger partial charge in [-0.15, -0.1) is 0 Å². The van der Waals surface area contributed by atoms with Crippen LogP contribution in [0.1, 0.15) is 0 Å². The van der Waals surface area contributed by atoms with Crippen LogP contribution in [0.5, 0.6) is 0 Å². The molecule has 0 spiro atoms. The predicted octanol–water partition coefficient (Wildman–Crippen LogP) is 0.482. The molecule has 2 atom stereocenters. The van der Waals surface area contributed by atoms with Gasteiger partial charge in [0.25, 0.3) is 0 Å². The second kappa shape index (κ2) is 3.34. The van der Waals surface area contributed by atoms with E-state index < -0.39 is 19.4 Å². The van der Waals surface area contributed by atoms with Gasteiger partial charge in [0.05, 0.1) is 18.5 Å². The molecule has 0 N–H and O–H groups in total. The summed E-state index contributed by atoms with van der Waals surface area (Å²) in [6.07, 6.45) is 1.76. The van der Waals surface area contributed by atoms with Crippen LogP contribution >= 0.6 is 0 Å². The van der Waals surface area contributed by atoms with Crippen LogP contribution < -0.4 is 0 Å². The molecule has 0 aromatic heterocycles. The monoisotopic (exact) mass is 194 g/mol. The van der Waals surface area contributed by atoms with Crippen molar-refractivity contribution in [2.75, 3.05) is 18.6 Å². The zero-order valence-corrected chi connectivity index (χ0v) is 8.94. The van der Waals surface area contributed by atoms with Crippen molar-refractivity contribution in [1.82, 2.24) is 0 Å². The maximum atomic E-state index is 10.8. The Balaban J connectivity index is 2.36. The summed E-state index contributed by atoms with van der Waals surface area (Å²) >= 11 is 0. The van der Waals surface area contributed by atoms with E-state index in [1.807, 2.05) is 13.1 Å². The van der Waals surface area contributed by atoms with Crippen molar-refractivity contribution in [2.45, 2.75) is 19.2 Å². The summed E-state index contributed by atoms with van der Waals surface area (Å²) in [6, 6.07) is 0. The first-order chi connectivity index (χ1) is 4.99. The maximum absolute atomic E-state index is 10.8. The average Bonchev–Trinajstić information content (AvgIpc) is 2.08. The molecule has 0 aromatic carbocycles. The number of hydrogen-bond acceptors (Lipinski definition) is 3. The lowest BCUT2D eigenvalue weighted by Crippen LogP contribution is -2.29. The molecule has 1 saturated heterocycles. The topological polar surface area (TPSA) is 35.5 Å². The molecule has 66 valence electrons. The highest BCUT2D eigenvalue weighted by atomic mass is 32.2. The average molecular weight is 194 g/mol. The van der Waals surface area contributed by atoms with Gasteiger partial charge in [-0.05, 0) is 13.1 Å². The van der Waals surface area contributed by atoms with Gasteiger partial charge < -0.3 is 8.85 Å². The third-order valence-corrected chi connectivity index (χ3v) is 4.09. The van der Waals surface area contributed by atoms with Gasteiger partial charge in [0.1, 0.15) is 0 Å². The van der Waals surface area contributed by atoms with E-state index in [0.717, 1.165) is 0 Å². The minimum Gasteiger partial charge on any atom is -0.392 e. The molecule has 0 aromatic rings. The van der Waals surface area contributed by atoms with E-state index in [2.05, 4.69) is 0 Å². The lowest BCUT2D eigenvalue weighted by molar-refractivity contribution is 0.256. The molecule has 1 aliphatic heterocycles. The molecule has 0 saturated carbocycles. The van der Waals surface area contributed by atoms with E-state index in [4.69, 9.17) is 8.85 Å². The first kappa shape index (κ1) is 9.38. The van der Waals surface area contributed by atoms with Crippen LogP contribution in [0.3, 0.4) is 0 Å². The van der Waals surface area contributed by atoms with Gasteiger partial charge in [-0.3, -0.25) is 4.21 Å². The molecule has 0 bridgehead atoms. The van der Waals surface area contributed by atoms with Gasteiger partial charge in [0.15, 0.2) is 0 Å². The number of hydrogen-bond donors (Lipinski definition) is 0. The van der Waals surface area contributed by atoms with Crippen molar-refractivity contribution in [3.63, 3.8) is 0 Å². The third-order valence-electron chi connectivity index (χ3n) is 1.49. The van der Waals surface area contributed by atoms with Crippen molar-refractivity contribution in [3.05, 3.63) is 0 Å². The lowest BCUT2D eigenvalue weighted by Gasteiger charge is -2.12. The standard InChI is InChI=1S/C6H14O3SSi/c1-10(7)5-6-4-8-11(2,3)9-6/h6H,4-5H2,1-3H3. The van der Waals surface area contributed by atoms with Crippen molar-refractivity contribution in [1.29, 1.82) is 0 Å². The fourth-order valence-electron chi connectivity index (χ4n) is 1.11. The molecule has 0 aliphatic carbocycles. The molecule has 3 nitrogen and oxygen atoms in total. The molecule has 2 unspecified atom stereocenters. The van der Waals surface area contributed by atoms with Crippen molar-refractivity contribution in [3.8, 4) is 0 Å². The largest absolute Gasteiger partial charge is 0.392 e.